The summed E-state index contributed by atoms with van der Waals surface area (Å²) in [6, 6.07) is 7.09. The van der Waals surface area contributed by atoms with Gasteiger partial charge in [0.2, 0.25) is 5.91 Å². The first-order valence-electron chi connectivity index (χ1n) is 4.52. The molecule has 0 heterocycles. The van der Waals surface area contributed by atoms with Gasteiger partial charge in [-0.25, -0.2) is 0 Å². The van der Waals surface area contributed by atoms with Gasteiger partial charge in [0.1, 0.15) is 0 Å². The molecule has 0 atom stereocenters. The van der Waals surface area contributed by atoms with Crippen molar-refractivity contribution >= 4 is 24.5 Å². The maximum atomic E-state index is 11.4. The average molecular weight is 190 g/mol. The zero-order chi connectivity index (χ0) is 10.6. The zero-order valence-electron chi connectivity index (χ0n) is 8.32. The summed E-state index contributed by atoms with van der Waals surface area (Å²) in [7, 11) is 0.982. The van der Waals surface area contributed by atoms with Gasteiger partial charge in [0.25, 0.3) is 0 Å². The topological polar surface area (TPSA) is 49.3 Å². The van der Waals surface area contributed by atoms with Gasteiger partial charge in [0.15, 0.2) is 0 Å². The minimum absolute atomic E-state index is 0.0562. The van der Waals surface area contributed by atoms with Crippen LogP contribution in [0.25, 0.3) is 0 Å². The van der Waals surface area contributed by atoms with E-state index in [4.69, 9.17) is 5.02 Å². The Hall–Kier alpha value is -1.29. The molecule has 1 radical (unpaired) electrons. The Balaban J connectivity index is 2.80. The third-order valence-corrected chi connectivity index (χ3v) is 1.88. The molecule has 0 aliphatic rings. The molecule has 0 spiro atoms. The molecule has 0 saturated carbocycles. The first-order valence-corrected chi connectivity index (χ1v) is 4.52. The standard InChI is InChI=1S/C10H13BNO2/c1-7(2)10(13)12-9-6-4-3-5-8(9)11-14/h3-7,14H,1-2H3,(H,12,13). The summed E-state index contributed by atoms with van der Waals surface area (Å²) in [6.45, 7) is 3.64. The second-order valence-electron chi connectivity index (χ2n) is 3.36. The molecule has 1 aromatic carbocycles. The molecule has 0 saturated heterocycles. The summed E-state index contributed by atoms with van der Waals surface area (Å²) in [4.78, 5) is 11.4. The van der Waals surface area contributed by atoms with E-state index < -0.39 is 0 Å². The van der Waals surface area contributed by atoms with Crippen LogP contribution in [0.5, 0.6) is 0 Å². The van der Waals surface area contributed by atoms with E-state index in [1.54, 1.807) is 18.2 Å². The first-order chi connectivity index (χ1) is 6.65. The van der Waals surface area contributed by atoms with Crippen LogP contribution in [0.3, 0.4) is 0 Å². The highest BCUT2D eigenvalue weighted by Gasteiger charge is 2.09. The Morgan fingerprint density at radius 1 is 1.43 bits per heavy atom. The molecule has 3 nitrogen and oxygen atoms in total. The molecule has 73 valence electrons. The molecule has 0 bridgehead atoms. The van der Waals surface area contributed by atoms with E-state index in [1.807, 2.05) is 19.9 Å². The highest BCUT2D eigenvalue weighted by molar-refractivity contribution is 6.48. The molecule has 1 aromatic rings. The molecule has 4 heteroatoms. The summed E-state index contributed by atoms with van der Waals surface area (Å²) in [5, 5.41) is 11.6. The Morgan fingerprint density at radius 3 is 2.64 bits per heavy atom. The largest absolute Gasteiger partial charge is 0.450 e. The number of hydrogen-bond donors (Lipinski definition) is 2. The summed E-state index contributed by atoms with van der Waals surface area (Å²) < 4.78 is 0. The van der Waals surface area contributed by atoms with Crippen LogP contribution in [0.4, 0.5) is 5.69 Å². The second-order valence-corrected chi connectivity index (χ2v) is 3.36. The van der Waals surface area contributed by atoms with Gasteiger partial charge in [-0.05, 0) is 11.5 Å². The average Bonchev–Trinajstić information content (AvgIpc) is 2.18. The highest BCUT2D eigenvalue weighted by Crippen LogP contribution is 2.04. The van der Waals surface area contributed by atoms with Gasteiger partial charge >= 0.3 is 7.48 Å². The van der Waals surface area contributed by atoms with Crippen molar-refractivity contribution in [3.8, 4) is 0 Å². The molecule has 2 N–H and O–H groups in total. The number of nitrogens with one attached hydrogen (secondary N) is 1. The third-order valence-electron chi connectivity index (χ3n) is 1.88. The van der Waals surface area contributed by atoms with Crippen LogP contribution in [0.1, 0.15) is 13.8 Å². The smallest absolute Gasteiger partial charge is 0.328 e. The fourth-order valence-electron chi connectivity index (χ4n) is 1.00. The maximum Gasteiger partial charge on any atom is 0.328 e. The minimum atomic E-state index is -0.0678. The Morgan fingerprint density at radius 2 is 2.07 bits per heavy atom. The van der Waals surface area contributed by atoms with Gasteiger partial charge in [-0.15, -0.1) is 0 Å². The molecule has 0 unspecified atom stereocenters. The number of hydrogen-bond acceptors (Lipinski definition) is 2. The lowest BCUT2D eigenvalue weighted by atomic mass is 9.87. The van der Waals surface area contributed by atoms with E-state index in [0.717, 1.165) is 7.48 Å². The van der Waals surface area contributed by atoms with Gasteiger partial charge in [-0.3, -0.25) is 4.79 Å². The molecular weight excluding hydrogens is 177 g/mol. The van der Waals surface area contributed by atoms with Crippen molar-refractivity contribution in [2.45, 2.75) is 13.8 Å². The molecule has 1 rings (SSSR count). The monoisotopic (exact) mass is 190 g/mol. The predicted octanol–water partition coefficient (Wildman–Crippen LogP) is 0.518. The van der Waals surface area contributed by atoms with E-state index in [-0.39, 0.29) is 11.8 Å². The van der Waals surface area contributed by atoms with E-state index >= 15 is 0 Å². The van der Waals surface area contributed by atoms with E-state index in [0.29, 0.717) is 11.2 Å². The van der Waals surface area contributed by atoms with Crippen LogP contribution >= 0.6 is 0 Å². The zero-order valence-corrected chi connectivity index (χ0v) is 8.32. The maximum absolute atomic E-state index is 11.4. The fourth-order valence-corrected chi connectivity index (χ4v) is 1.00. The number of amides is 1. The van der Waals surface area contributed by atoms with E-state index in [1.165, 1.54) is 0 Å². The molecular formula is C10H13BNO2. The van der Waals surface area contributed by atoms with Crippen molar-refractivity contribution in [2.24, 2.45) is 5.92 Å². The second kappa shape index (κ2) is 4.81. The number of benzene rings is 1. The van der Waals surface area contributed by atoms with Crippen LogP contribution < -0.4 is 10.8 Å². The van der Waals surface area contributed by atoms with Crippen molar-refractivity contribution in [1.29, 1.82) is 0 Å². The Bertz CT molecular complexity index is 326. The summed E-state index contributed by atoms with van der Waals surface area (Å²) in [6.07, 6.45) is 0. The fraction of sp³-hybridized carbons (Fsp3) is 0.300. The van der Waals surface area contributed by atoms with Crippen LogP contribution in [0, 0.1) is 5.92 Å². The molecule has 0 aliphatic heterocycles. The summed E-state index contributed by atoms with van der Waals surface area (Å²) in [5.41, 5.74) is 1.25. The number of carbonyl (C=O) groups is 1. The quantitative estimate of drug-likeness (QED) is 0.682. The number of rotatable bonds is 3. The first kappa shape index (κ1) is 10.8. The van der Waals surface area contributed by atoms with Crippen molar-refractivity contribution in [2.75, 3.05) is 5.32 Å². The van der Waals surface area contributed by atoms with Gasteiger partial charge in [0, 0.05) is 11.6 Å². The molecule has 0 aromatic heterocycles. The Labute approximate surface area is 84.4 Å². The number of anilines is 1. The molecule has 1 amide bonds. The van der Waals surface area contributed by atoms with Crippen molar-refractivity contribution in [1.82, 2.24) is 0 Å². The normalized spacial score (nSPS) is 10.0. The van der Waals surface area contributed by atoms with Crippen molar-refractivity contribution < 1.29 is 9.82 Å². The highest BCUT2D eigenvalue weighted by atomic mass is 16.2. The summed E-state index contributed by atoms with van der Waals surface area (Å²) >= 11 is 0. The summed E-state index contributed by atoms with van der Waals surface area (Å²) in [5.74, 6) is -0.124. The lowest BCUT2D eigenvalue weighted by molar-refractivity contribution is -0.118. The lowest BCUT2D eigenvalue weighted by Crippen LogP contribution is -2.25. The number of para-hydroxylation sites is 1. The predicted molar refractivity (Wildman–Crippen MR) is 57.5 cm³/mol. The van der Waals surface area contributed by atoms with Gasteiger partial charge in [-0.1, -0.05) is 32.0 Å². The van der Waals surface area contributed by atoms with Gasteiger partial charge in [0.05, 0.1) is 0 Å². The Kier molecular flexibility index (Phi) is 3.71. The SMILES string of the molecule is CC(C)C(=O)Nc1ccccc1[B]O. The number of carbonyl (C=O) groups excluding carboxylic acids is 1. The molecule has 0 aliphatic carbocycles. The van der Waals surface area contributed by atoms with Crippen molar-refractivity contribution in [3.63, 3.8) is 0 Å². The van der Waals surface area contributed by atoms with Crippen LogP contribution in [0.15, 0.2) is 24.3 Å². The van der Waals surface area contributed by atoms with Crippen LogP contribution in [-0.4, -0.2) is 18.4 Å². The van der Waals surface area contributed by atoms with E-state index in [9.17, 15) is 4.79 Å². The van der Waals surface area contributed by atoms with Crippen LogP contribution in [-0.2, 0) is 4.79 Å². The molecule has 0 fully saturated rings. The van der Waals surface area contributed by atoms with Crippen molar-refractivity contribution in [3.05, 3.63) is 24.3 Å². The van der Waals surface area contributed by atoms with Crippen LogP contribution in [0.2, 0.25) is 0 Å². The van der Waals surface area contributed by atoms with Gasteiger partial charge < -0.3 is 10.3 Å². The lowest BCUT2D eigenvalue weighted by Gasteiger charge is -2.10. The van der Waals surface area contributed by atoms with Gasteiger partial charge in [-0.2, -0.15) is 0 Å². The molecule has 14 heavy (non-hydrogen) atoms. The minimum Gasteiger partial charge on any atom is -0.450 e. The van der Waals surface area contributed by atoms with E-state index in [2.05, 4.69) is 5.32 Å². The third kappa shape index (κ3) is 2.60.